The van der Waals surface area contributed by atoms with E-state index in [0.717, 1.165) is 12.2 Å². The quantitative estimate of drug-likeness (QED) is 0.802. The largest absolute Gasteiger partial charge is 0.393 e. The smallest absolute Gasteiger partial charge is 0.141 e. The Bertz CT molecular complexity index is 325. The zero-order chi connectivity index (χ0) is 12.8. The lowest BCUT2D eigenvalue weighted by molar-refractivity contribution is 0.180. The van der Waals surface area contributed by atoms with Crippen LogP contribution in [0.3, 0.4) is 0 Å². The van der Waals surface area contributed by atoms with Gasteiger partial charge in [0, 0.05) is 0 Å². The van der Waals surface area contributed by atoms with Gasteiger partial charge in [-0.05, 0) is 37.9 Å². The molecular formula is C13H21FN2O. The van der Waals surface area contributed by atoms with Crippen LogP contribution in [-0.4, -0.2) is 22.7 Å². The van der Waals surface area contributed by atoms with Gasteiger partial charge < -0.3 is 10.4 Å². The van der Waals surface area contributed by atoms with Gasteiger partial charge in [-0.25, -0.2) is 4.39 Å². The summed E-state index contributed by atoms with van der Waals surface area (Å²) in [7, 11) is 0. The summed E-state index contributed by atoms with van der Waals surface area (Å²) >= 11 is 0. The fourth-order valence-electron chi connectivity index (χ4n) is 1.70. The number of nitrogens with one attached hydrogen (secondary N) is 1. The minimum atomic E-state index is -0.319. The van der Waals surface area contributed by atoms with Gasteiger partial charge in [0.05, 0.1) is 24.0 Å². The third-order valence-corrected chi connectivity index (χ3v) is 2.66. The summed E-state index contributed by atoms with van der Waals surface area (Å²) in [6, 6.07) is 3.22. The van der Waals surface area contributed by atoms with Crippen molar-refractivity contribution >= 4 is 0 Å². The normalized spacial score (nSPS) is 14.9. The van der Waals surface area contributed by atoms with E-state index in [1.165, 1.54) is 12.3 Å². The van der Waals surface area contributed by atoms with E-state index in [-0.39, 0.29) is 18.0 Å². The van der Waals surface area contributed by atoms with Crippen LogP contribution < -0.4 is 5.32 Å². The molecule has 96 valence electrons. The van der Waals surface area contributed by atoms with Crippen molar-refractivity contribution in [1.29, 1.82) is 0 Å². The predicted octanol–water partition coefficient (Wildman–Crippen LogP) is 2.28. The molecule has 0 saturated heterocycles. The highest BCUT2D eigenvalue weighted by Crippen LogP contribution is 2.19. The molecular weight excluding hydrogens is 219 g/mol. The van der Waals surface area contributed by atoms with Crippen LogP contribution in [0, 0.1) is 11.7 Å². The minimum Gasteiger partial charge on any atom is -0.393 e. The van der Waals surface area contributed by atoms with E-state index in [2.05, 4.69) is 24.1 Å². The van der Waals surface area contributed by atoms with Crippen molar-refractivity contribution in [2.45, 2.75) is 39.3 Å². The summed E-state index contributed by atoms with van der Waals surface area (Å²) in [6.07, 6.45) is 1.63. The zero-order valence-corrected chi connectivity index (χ0v) is 10.7. The molecule has 2 atom stereocenters. The van der Waals surface area contributed by atoms with Crippen LogP contribution in [0.4, 0.5) is 4.39 Å². The van der Waals surface area contributed by atoms with E-state index in [1.54, 1.807) is 13.0 Å². The summed E-state index contributed by atoms with van der Waals surface area (Å²) in [5, 5.41) is 12.5. The van der Waals surface area contributed by atoms with Gasteiger partial charge in [-0.15, -0.1) is 0 Å². The van der Waals surface area contributed by atoms with Crippen molar-refractivity contribution in [2.75, 3.05) is 6.54 Å². The van der Waals surface area contributed by atoms with Crippen LogP contribution in [0.25, 0.3) is 0 Å². The van der Waals surface area contributed by atoms with Gasteiger partial charge in [-0.3, -0.25) is 4.98 Å². The molecule has 1 rings (SSSR count). The lowest BCUT2D eigenvalue weighted by atomic mass is 10.00. The molecule has 0 aromatic carbocycles. The lowest BCUT2D eigenvalue weighted by Crippen LogP contribution is -2.29. The van der Waals surface area contributed by atoms with Gasteiger partial charge in [-0.1, -0.05) is 13.8 Å². The Morgan fingerprint density at radius 3 is 2.53 bits per heavy atom. The fraction of sp³-hybridized carbons (Fsp3) is 0.615. The monoisotopic (exact) mass is 240 g/mol. The first-order chi connectivity index (χ1) is 8.00. The number of hydrogen-bond acceptors (Lipinski definition) is 3. The van der Waals surface area contributed by atoms with Crippen LogP contribution in [0.15, 0.2) is 18.3 Å². The molecule has 0 radical (unpaired) electrons. The lowest BCUT2D eigenvalue weighted by Gasteiger charge is -2.22. The Morgan fingerprint density at radius 1 is 1.35 bits per heavy atom. The molecule has 4 heteroatoms. The minimum absolute atomic E-state index is 0.0920. The van der Waals surface area contributed by atoms with E-state index in [9.17, 15) is 9.50 Å². The second-order valence-electron chi connectivity index (χ2n) is 4.71. The molecule has 1 aromatic rings. The molecule has 2 unspecified atom stereocenters. The maximum Gasteiger partial charge on any atom is 0.141 e. The SMILES string of the molecule is CC(O)CCNC(c1ccc(F)cn1)C(C)C. The molecule has 0 amide bonds. The average Bonchev–Trinajstić information content (AvgIpc) is 2.25. The number of nitrogens with zero attached hydrogens (tertiary/aromatic N) is 1. The first-order valence-corrected chi connectivity index (χ1v) is 6.03. The Balaban J connectivity index is 2.62. The highest BCUT2D eigenvalue weighted by atomic mass is 19.1. The summed E-state index contributed by atoms with van der Waals surface area (Å²) in [6.45, 7) is 6.66. The number of aliphatic hydroxyl groups excluding tert-OH is 1. The molecule has 1 aromatic heterocycles. The summed E-state index contributed by atoms with van der Waals surface area (Å²) in [4.78, 5) is 4.10. The summed E-state index contributed by atoms with van der Waals surface area (Å²) in [5.74, 6) is 0.0437. The van der Waals surface area contributed by atoms with Gasteiger partial charge in [0.25, 0.3) is 0 Å². The number of halogens is 1. The molecule has 2 N–H and O–H groups in total. The number of rotatable bonds is 6. The summed E-state index contributed by atoms with van der Waals surface area (Å²) < 4.78 is 12.8. The fourth-order valence-corrected chi connectivity index (χ4v) is 1.70. The van der Waals surface area contributed by atoms with Gasteiger partial charge >= 0.3 is 0 Å². The number of aliphatic hydroxyl groups is 1. The van der Waals surface area contributed by atoms with E-state index in [0.29, 0.717) is 12.3 Å². The van der Waals surface area contributed by atoms with Crippen LogP contribution >= 0.6 is 0 Å². The molecule has 0 aliphatic heterocycles. The molecule has 0 spiro atoms. The third-order valence-electron chi connectivity index (χ3n) is 2.66. The topological polar surface area (TPSA) is 45.1 Å². The average molecular weight is 240 g/mol. The molecule has 0 fully saturated rings. The molecule has 0 bridgehead atoms. The number of aromatic nitrogens is 1. The van der Waals surface area contributed by atoms with Crippen LogP contribution in [-0.2, 0) is 0 Å². The maximum absolute atomic E-state index is 12.8. The molecule has 0 aliphatic rings. The Hall–Kier alpha value is -1.00. The van der Waals surface area contributed by atoms with Crippen LogP contribution in [0.1, 0.15) is 38.9 Å². The summed E-state index contributed by atoms with van der Waals surface area (Å²) in [5.41, 5.74) is 0.840. The first kappa shape index (κ1) is 14.1. The highest BCUT2D eigenvalue weighted by molar-refractivity contribution is 5.10. The number of hydrogen-bond donors (Lipinski definition) is 2. The first-order valence-electron chi connectivity index (χ1n) is 6.03. The Kier molecular flexibility index (Phi) is 5.51. The van der Waals surface area contributed by atoms with Crippen molar-refractivity contribution in [3.8, 4) is 0 Å². The van der Waals surface area contributed by atoms with Crippen molar-refractivity contribution in [1.82, 2.24) is 10.3 Å². The maximum atomic E-state index is 12.8. The van der Waals surface area contributed by atoms with Crippen molar-refractivity contribution in [3.05, 3.63) is 29.8 Å². The van der Waals surface area contributed by atoms with Crippen LogP contribution in [0.2, 0.25) is 0 Å². The predicted molar refractivity (Wildman–Crippen MR) is 66.1 cm³/mol. The van der Waals surface area contributed by atoms with Gasteiger partial charge in [0.2, 0.25) is 0 Å². The second kappa shape index (κ2) is 6.67. The van der Waals surface area contributed by atoms with E-state index in [4.69, 9.17) is 0 Å². The molecule has 3 nitrogen and oxygen atoms in total. The van der Waals surface area contributed by atoms with Crippen LogP contribution in [0.5, 0.6) is 0 Å². The van der Waals surface area contributed by atoms with E-state index in [1.807, 2.05) is 0 Å². The number of pyridine rings is 1. The van der Waals surface area contributed by atoms with Gasteiger partial charge in [0.15, 0.2) is 0 Å². The van der Waals surface area contributed by atoms with E-state index < -0.39 is 0 Å². The molecule has 0 saturated carbocycles. The van der Waals surface area contributed by atoms with E-state index >= 15 is 0 Å². The highest BCUT2D eigenvalue weighted by Gasteiger charge is 2.16. The Labute approximate surface area is 102 Å². The third kappa shape index (κ3) is 4.79. The molecule has 0 aliphatic carbocycles. The second-order valence-corrected chi connectivity index (χ2v) is 4.71. The van der Waals surface area contributed by atoms with Gasteiger partial charge in [0.1, 0.15) is 5.82 Å². The van der Waals surface area contributed by atoms with Gasteiger partial charge in [-0.2, -0.15) is 0 Å². The van der Waals surface area contributed by atoms with Crippen molar-refractivity contribution < 1.29 is 9.50 Å². The molecule has 1 heterocycles. The van der Waals surface area contributed by atoms with Crippen molar-refractivity contribution in [2.24, 2.45) is 5.92 Å². The molecule has 17 heavy (non-hydrogen) atoms. The zero-order valence-electron chi connectivity index (χ0n) is 10.7. The van der Waals surface area contributed by atoms with Crippen molar-refractivity contribution in [3.63, 3.8) is 0 Å². The standard InChI is InChI=1S/C13H21FN2O/c1-9(2)13(15-7-6-10(3)17)12-5-4-11(14)8-16-12/h4-5,8-10,13,15,17H,6-7H2,1-3H3. The Morgan fingerprint density at radius 2 is 2.06 bits per heavy atom.